The quantitative estimate of drug-likeness (QED) is 0.913. The Hall–Kier alpha value is -1.97. The van der Waals surface area contributed by atoms with Gasteiger partial charge in [0.1, 0.15) is 11.5 Å². The van der Waals surface area contributed by atoms with Crippen molar-refractivity contribution < 1.29 is 0 Å². The molecule has 0 spiro atoms. The third-order valence-corrected chi connectivity index (χ3v) is 3.13. The van der Waals surface area contributed by atoms with Gasteiger partial charge in [-0.1, -0.05) is 13.0 Å². The summed E-state index contributed by atoms with van der Waals surface area (Å²) in [5.41, 5.74) is 4.15. The molecule has 1 N–H and O–H groups in total. The maximum absolute atomic E-state index is 4.64. The highest BCUT2D eigenvalue weighted by Crippen LogP contribution is 2.23. The minimum Gasteiger partial charge on any atom is -0.370 e. The molecule has 0 aliphatic heterocycles. The van der Waals surface area contributed by atoms with Gasteiger partial charge in [-0.05, 0) is 38.8 Å². The monoisotopic (exact) mass is 256 g/mol. The third kappa shape index (κ3) is 2.72. The molecule has 19 heavy (non-hydrogen) atoms. The lowest BCUT2D eigenvalue weighted by atomic mass is 10.1. The molecule has 0 saturated carbocycles. The van der Waals surface area contributed by atoms with E-state index < -0.39 is 0 Å². The first-order chi connectivity index (χ1) is 9.17. The number of hydrogen-bond donors (Lipinski definition) is 1. The van der Waals surface area contributed by atoms with Gasteiger partial charge in [-0.3, -0.25) is 4.98 Å². The summed E-state index contributed by atoms with van der Waals surface area (Å²) in [6.07, 6.45) is 2.71. The van der Waals surface area contributed by atoms with Crippen LogP contribution in [0.5, 0.6) is 0 Å². The van der Waals surface area contributed by atoms with E-state index in [0.717, 1.165) is 35.7 Å². The van der Waals surface area contributed by atoms with Crippen LogP contribution in [-0.2, 0) is 6.42 Å². The number of pyridine rings is 1. The van der Waals surface area contributed by atoms with Crippen LogP contribution in [-0.4, -0.2) is 21.5 Å². The van der Waals surface area contributed by atoms with Gasteiger partial charge < -0.3 is 5.32 Å². The second kappa shape index (κ2) is 5.78. The summed E-state index contributed by atoms with van der Waals surface area (Å²) >= 11 is 0. The lowest BCUT2D eigenvalue weighted by Crippen LogP contribution is -2.08. The van der Waals surface area contributed by atoms with Crippen LogP contribution in [0.2, 0.25) is 0 Å². The summed E-state index contributed by atoms with van der Waals surface area (Å²) in [7, 11) is 0. The van der Waals surface area contributed by atoms with Gasteiger partial charge in [-0.15, -0.1) is 0 Å². The smallest absolute Gasteiger partial charge is 0.180 e. The van der Waals surface area contributed by atoms with E-state index in [-0.39, 0.29) is 0 Å². The first kappa shape index (κ1) is 13.5. The van der Waals surface area contributed by atoms with Crippen LogP contribution in [0.1, 0.15) is 30.7 Å². The van der Waals surface area contributed by atoms with E-state index in [9.17, 15) is 0 Å². The summed E-state index contributed by atoms with van der Waals surface area (Å²) in [6.45, 7) is 9.11. The van der Waals surface area contributed by atoms with Crippen LogP contribution in [0.25, 0.3) is 11.5 Å². The van der Waals surface area contributed by atoms with Gasteiger partial charge in [0.2, 0.25) is 0 Å². The summed E-state index contributed by atoms with van der Waals surface area (Å²) in [5.74, 6) is 1.63. The molecule has 2 rings (SSSR count). The average Bonchev–Trinajstić information content (AvgIpc) is 2.39. The number of aryl methyl sites for hydroxylation is 2. The Bertz CT molecular complexity index is 578. The molecule has 4 nitrogen and oxygen atoms in total. The molecular weight excluding hydrogens is 236 g/mol. The van der Waals surface area contributed by atoms with Gasteiger partial charge in [0.15, 0.2) is 5.82 Å². The highest BCUT2D eigenvalue weighted by atomic mass is 15.0. The minimum atomic E-state index is 0.698. The molecule has 2 aromatic rings. The molecule has 0 amide bonds. The first-order valence-electron chi connectivity index (χ1n) is 6.70. The van der Waals surface area contributed by atoms with Crippen LogP contribution in [0.3, 0.4) is 0 Å². The van der Waals surface area contributed by atoms with Crippen molar-refractivity contribution in [2.75, 3.05) is 11.9 Å². The normalized spacial score (nSPS) is 10.5. The number of nitrogens with zero attached hydrogens (tertiary/aromatic N) is 3. The van der Waals surface area contributed by atoms with Crippen molar-refractivity contribution >= 4 is 5.82 Å². The minimum absolute atomic E-state index is 0.698. The molecule has 0 atom stereocenters. The molecule has 0 unspecified atom stereocenters. The maximum atomic E-state index is 4.64. The molecule has 0 fully saturated rings. The zero-order valence-electron chi connectivity index (χ0n) is 12.0. The van der Waals surface area contributed by atoms with Crippen LogP contribution in [0.15, 0.2) is 18.3 Å². The fourth-order valence-corrected chi connectivity index (χ4v) is 2.16. The van der Waals surface area contributed by atoms with Crippen molar-refractivity contribution in [1.82, 2.24) is 15.0 Å². The van der Waals surface area contributed by atoms with Gasteiger partial charge >= 0.3 is 0 Å². The fraction of sp³-hybridized carbons (Fsp3) is 0.400. The number of hydrogen-bond acceptors (Lipinski definition) is 4. The largest absolute Gasteiger partial charge is 0.370 e. The number of anilines is 1. The van der Waals surface area contributed by atoms with Gasteiger partial charge in [0.25, 0.3) is 0 Å². The van der Waals surface area contributed by atoms with Crippen molar-refractivity contribution in [3.05, 3.63) is 35.2 Å². The summed E-state index contributed by atoms with van der Waals surface area (Å²) < 4.78 is 0. The van der Waals surface area contributed by atoms with E-state index in [1.54, 1.807) is 6.20 Å². The number of aromatic nitrogens is 3. The van der Waals surface area contributed by atoms with E-state index in [2.05, 4.69) is 34.1 Å². The molecule has 0 aliphatic rings. The van der Waals surface area contributed by atoms with E-state index in [4.69, 9.17) is 0 Å². The Morgan fingerprint density at radius 3 is 2.58 bits per heavy atom. The molecule has 0 saturated heterocycles. The van der Waals surface area contributed by atoms with E-state index in [0.29, 0.717) is 5.82 Å². The predicted molar refractivity (Wildman–Crippen MR) is 78.3 cm³/mol. The fourth-order valence-electron chi connectivity index (χ4n) is 2.16. The summed E-state index contributed by atoms with van der Waals surface area (Å²) in [6, 6.07) is 3.96. The van der Waals surface area contributed by atoms with E-state index in [1.165, 1.54) is 5.56 Å². The van der Waals surface area contributed by atoms with Crippen molar-refractivity contribution in [3.8, 4) is 11.5 Å². The van der Waals surface area contributed by atoms with Crippen LogP contribution in [0.4, 0.5) is 5.82 Å². The van der Waals surface area contributed by atoms with Crippen molar-refractivity contribution in [3.63, 3.8) is 0 Å². The second-order valence-electron chi connectivity index (χ2n) is 4.51. The molecule has 0 bridgehead atoms. The van der Waals surface area contributed by atoms with Crippen LogP contribution in [0, 0.1) is 13.8 Å². The van der Waals surface area contributed by atoms with Crippen LogP contribution < -0.4 is 5.32 Å². The number of rotatable bonds is 4. The maximum Gasteiger partial charge on any atom is 0.180 e. The molecule has 0 aromatic carbocycles. The lowest BCUT2D eigenvalue weighted by molar-refractivity contribution is 0.981. The van der Waals surface area contributed by atoms with E-state index >= 15 is 0 Å². The average molecular weight is 256 g/mol. The zero-order chi connectivity index (χ0) is 13.8. The standard InChI is InChI=1S/C15H20N4/c1-5-12-11(4)18-15(19-14(12)16-6-2)13-10(3)8-7-9-17-13/h7-9H,5-6H2,1-4H3,(H,16,18,19). The molecular formula is C15H20N4. The van der Waals surface area contributed by atoms with Gasteiger partial charge in [0.05, 0.1) is 0 Å². The Balaban J connectivity index is 2.57. The number of nitrogens with one attached hydrogen (secondary N) is 1. The first-order valence-corrected chi connectivity index (χ1v) is 6.70. The van der Waals surface area contributed by atoms with Crippen molar-refractivity contribution in [2.24, 2.45) is 0 Å². The molecule has 2 aromatic heterocycles. The van der Waals surface area contributed by atoms with Crippen molar-refractivity contribution in [2.45, 2.75) is 34.1 Å². The van der Waals surface area contributed by atoms with Crippen molar-refractivity contribution in [1.29, 1.82) is 0 Å². The highest BCUT2D eigenvalue weighted by molar-refractivity contribution is 5.59. The van der Waals surface area contributed by atoms with Crippen LogP contribution >= 0.6 is 0 Å². The SMILES string of the molecule is CCNc1nc(-c2ncccc2C)nc(C)c1CC. The summed E-state index contributed by atoms with van der Waals surface area (Å²) in [4.78, 5) is 13.6. The molecule has 2 heterocycles. The van der Waals surface area contributed by atoms with Gasteiger partial charge in [-0.25, -0.2) is 9.97 Å². The molecule has 4 heteroatoms. The Kier molecular flexibility index (Phi) is 4.10. The highest BCUT2D eigenvalue weighted by Gasteiger charge is 2.13. The topological polar surface area (TPSA) is 50.7 Å². The summed E-state index contributed by atoms with van der Waals surface area (Å²) in [5, 5.41) is 3.32. The van der Waals surface area contributed by atoms with E-state index in [1.807, 2.05) is 26.0 Å². The lowest BCUT2D eigenvalue weighted by Gasteiger charge is -2.13. The zero-order valence-corrected chi connectivity index (χ0v) is 12.0. The second-order valence-corrected chi connectivity index (χ2v) is 4.51. The van der Waals surface area contributed by atoms with Gasteiger partial charge in [0, 0.05) is 24.0 Å². The molecule has 0 aliphatic carbocycles. The Morgan fingerprint density at radius 2 is 1.95 bits per heavy atom. The molecule has 0 radical (unpaired) electrons. The third-order valence-electron chi connectivity index (χ3n) is 3.13. The predicted octanol–water partition coefficient (Wildman–Crippen LogP) is 3.15. The Morgan fingerprint density at radius 1 is 1.16 bits per heavy atom. The van der Waals surface area contributed by atoms with Gasteiger partial charge in [-0.2, -0.15) is 0 Å². The Labute approximate surface area is 114 Å². The molecule has 100 valence electrons.